The Balaban J connectivity index is 1.98. The summed E-state index contributed by atoms with van der Waals surface area (Å²) in [5.41, 5.74) is 0.158. The molecule has 3 nitrogen and oxygen atoms in total. The molecule has 0 amide bonds. The molecule has 1 aliphatic heterocycles. The molecule has 0 saturated carbocycles. The summed E-state index contributed by atoms with van der Waals surface area (Å²) in [7, 11) is 0. The lowest BCUT2D eigenvalue weighted by molar-refractivity contribution is 0.0698. The van der Waals surface area contributed by atoms with Crippen LogP contribution in [0.3, 0.4) is 0 Å². The van der Waals surface area contributed by atoms with Gasteiger partial charge in [0.15, 0.2) is 0 Å². The van der Waals surface area contributed by atoms with E-state index in [4.69, 9.17) is 9.15 Å². The van der Waals surface area contributed by atoms with Crippen molar-refractivity contribution in [2.24, 2.45) is 5.92 Å². The molecule has 102 valence electrons. The minimum absolute atomic E-state index is 0.125. The molecule has 0 aliphatic carbocycles. The molecule has 1 aromatic rings. The maximum absolute atomic E-state index is 5.84. The largest absolute Gasteiger partial charge is 0.463 e. The molecule has 1 fully saturated rings. The molecule has 0 bridgehead atoms. The smallest absolute Gasteiger partial charge is 0.133 e. The molecule has 3 heteroatoms. The van der Waals surface area contributed by atoms with Gasteiger partial charge >= 0.3 is 0 Å². The molecule has 1 aliphatic rings. The molecule has 2 unspecified atom stereocenters. The summed E-state index contributed by atoms with van der Waals surface area (Å²) in [5.74, 6) is 2.55. The zero-order valence-corrected chi connectivity index (χ0v) is 12.0. The van der Waals surface area contributed by atoms with E-state index in [1.165, 1.54) is 0 Å². The van der Waals surface area contributed by atoms with E-state index in [9.17, 15) is 0 Å². The van der Waals surface area contributed by atoms with E-state index in [-0.39, 0.29) is 11.6 Å². The Labute approximate surface area is 110 Å². The maximum Gasteiger partial charge on any atom is 0.133 e. The molecule has 1 aromatic heterocycles. The summed E-state index contributed by atoms with van der Waals surface area (Å²) in [6.07, 6.45) is 2.17. The monoisotopic (exact) mass is 251 g/mol. The number of aryl methyl sites for hydroxylation is 1. The van der Waals surface area contributed by atoms with Crippen LogP contribution in [0.15, 0.2) is 16.5 Å². The van der Waals surface area contributed by atoms with Crippen LogP contribution in [0.25, 0.3) is 0 Å². The van der Waals surface area contributed by atoms with Crippen molar-refractivity contribution < 1.29 is 9.15 Å². The van der Waals surface area contributed by atoms with Crippen LogP contribution in [0.5, 0.6) is 0 Å². The normalized spacial score (nSPS) is 24.7. The zero-order valence-electron chi connectivity index (χ0n) is 12.0. The minimum Gasteiger partial charge on any atom is -0.463 e. The fraction of sp³-hybridized carbons (Fsp3) is 0.733. The molecule has 18 heavy (non-hydrogen) atoms. The molecule has 1 N–H and O–H groups in total. The number of furan rings is 1. The summed E-state index contributed by atoms with van der Waals surface area (Å²) in [4.78, 5) is 0. The quantitative estimate of drug-likeness (QED) is 0.891. The highest BCUT2D eigenvalue weighted by atomic mass is 16.5. The maximum atomic E-state index is 5.84. The van der Waals surface area contributed by atoms with Crippen LogP contribution in [0, 0.1) is 5.92 Å². The predicted molar refractivity (Wildman–Crippen MR) is 72.6 cm³/mol. The van der Waals surface area contributed by atoms with Crippen LogP contribution in [0.1, 0.15) is 51.7 Å². The third kappa shape index (κ3) is 3.36. The van der Waals surface area contributed by atoms with Crippen LogP contribution in [0.2, 0.25) is 0 Å². The second-order valence-corrected chi connectivity index (χ2v) is 6.13. The molecule has 1 saturated heterocycles. The van der Waals surface area contributed by atoms with E-state index in [1.807, 2.05) is 0 Å². The Morgan fingerprint density at radius 2 is 2.11 bits per heavy atom. The van der Waals surface area contributed by atoms with Crippen molar-refractivity contribution in [2.45, 2.75) is 52.2 Å². The van der Waals surface area contributed by atoms with Gasteiger partial charge in [0, 0.05) is 31.0 Å². The molecule has 2 atom stereocenters. The lowest BCUT2D eigenvalue weighted by Gasteiger charge is -2.25. The average molecular weight is 251 g/mol. The minimum atomic E-state index is 0.125. The zero-order chi connectivity index (χ0) is 13.2. The number of rotatable bonds is 4. The van der Waals surface area contributed by atoms with Crippen LogP contribution < -0.4 is 5.32 Å². The molecule has 2 heterocycles. The van der Waals surface area contributed by atoms with Crippen molar-refractivity contribution >= 4 is 0 Å². The highest BCUT2D eigenvalue weighted by molar-refractivity contribution is 5.11. The van der Waals surface area contributed by atoms with Crippen LogP contribution in [0.4, 0.5) is 0 Å². The molecule has 0 spiro atoms. The predicted octanol–water partition coefficient (Wildman–Crippen LogP) is 3.31. The van der Waals surface area contributed by atoms with Gasteiger partial charge in [0.25, 0.3) is 0 Å². The van der Waals surface area contributed by atoms with Crippen molar-refractivity contribution in [3.63, 3.8) is 0 Å². The molecular formula is C15H25NO2. The van der Waals surface area contributed by atoms with Gasteiger partial charge in [-0.15, -0.1) is 0 Å². The Bertz CT molecular complexity index is 378. The average Bonchev–Trinajstić information content (AvgIpc) is 2.93. The van der Waals surface area contributed by atoms with E-state index in [0.717, 1.165) is 37.5 Å². The van der Waals surface area contributed by atoms with Gasteiger partial charge < -0.3 is 14.5 Å². The van der Waals surface area contributed by atoms with Gasteiger partial charge in [-0.05, 0) is 39.3 Å². The highest BCUT2D eigenvalue weighted by Crippen LogP contribution is 2.35. The van der Waals surface area contributed by atoms with E-state index in [1.54, 1.807) is 0 Å². The van der Waals surface area contributed by atoms with Crippen molar-refractivity contribution in [3.8, 4) is 0 Å². The van der Waals surface area contributed by atoms with Gasteiger partial charge in [0.2, 0.25) is 0 Å². The number of hydrogen-bond donors (Lipinski definition) is 1. The summed E-state index contributed by atoms with van der Waals surface area (Å²) in [6.45, 7) is 10.5. The van der Waals surface area contributed by atoms with Crippen molar-refractivity contribution in [2.75, 3.05) is 13.2 Å². The Hall–Kier alpha value is -0.800. The van der Waals surface area contributed by atoms with E-state index in [0.29, 0.717) is 5.92 Å². The van der Waals surface area contributed by atoms with E-state index < -0.39 is 0 Å². The van der Waals surface area contributed by atoms with Gasteiger partial charge in [0.05, 0.1) is 0 Å². The highest BCUT2D eigenvalue weighted by Gasteiger charge is 2.32. The van der Waals surface area contributed by atoms with Gasteiger partial charge in [-0.25, -0.2) is 0 Å². The third-order valence-electron chi connectivity index (χ3n) is 3.42. The van der Waals surface area contributed by atoms with Gasteiger partial charge in [-0.1, -0.05) is 6.92 Å². The second-order valence-electron chi connectivity index (χ2n) is 6.13. The molecule has 0 aromatic carbocycles. The molecular weight excluding hydrogens is 226 g/mol. The molecule has 0 radical (unpaired) electrons. The van der Waals surface area contributed by atoms with E-state index >= 15 is 0 Å². The number of ether oxygens (including phenoxy) is 1. The lowest BCUT2D eigenvalue weighted by Crippen LogP contribution is -2.39. The van der Waals surface area contributed by atoms with Crippen LogP contribution in [-0.2, 0) is 11.2 Å². The van der Waals surface area contributed by atoms with Crippen molar-refractivity contribution in [1.29, 1.82) is 0 Å². The Kier molecular flexibility index (Phi) is 4.13. The standard InChI is InChI=1S/C15H25NO2/c1-5-12-6-7-13(18-12)14-11(8-9-17-14)10-16-15(2,3)4/h6-7,11,14,16H,5,8-10H2,1-4H3. The summed E-state index contributed by atoms with van der Waals surface area (Å²) in [6, 6.07) is 4.13. The van der Waals surface area contributed by atoms with Crippen molar-refractivity contribution in [3.05, 3.63) is 23.7 Å². The molecule has 2 rings (SSSR count). The van der Waals surface area contributed by atoms with Gasteiger partial charge in [0.1, 0.15) is 17.6 Å². The van der Waals surface area contributed by atoms with Gasteiger partial charge in [-0.3, -0.25) is 0 Å². The SMILES string of the molecule is CCc1ccc(C2OCCC2CNC(C)(C)C)o1. The second kappa shape index (κ2) is 5.45. The number of nitrogens with one attached hydrogen (secondary N) is 1. The Morgan fingerprint density at radius 3 is 2.72 bits per heavy atom. The fourth-order valence-corrected chi connectivity index (χ4v) is 2.33. The number of hydrogen-bond acceptors (Lipinski definition) is 3. The first-order valence-electron chi connectivity index (χ1n) is 6.95. The van der Waals surface area contributed by atoms with Crippen LogP contribution >= 0.6 is 0 Å². The Morgan fingerprint density at radius 1 is 1.33 bits per heavy atom. The summed E-state index contributed by atoms with van der Waals surface area (Å²) >= 11 is 0. The van der Waals surface area contributed by atoms with E-state index in [2.05, 4.69) is 45.1 Å². The first-order valence-corrected chi connectivity index (χ1v) is 6.95. The lowest BCUT2D eigenvalue weighted by atomic mass is 9.98. The first kappa shape index (κ1) is 13.6. The summed E-state index contributed by atoms with van der Waals surface area (Å²) in [5, 5.41) is 3.56. The van der Waals surface area contributed by atoms with Crippen LogP contribution in [-0.4, -0.2) is 18.7 Å². The third-order valence-corrected chi connectivity index (χ3v) is 3.42. The van der Waals surface area contributed by atoms with Gasteiger partial charge in [-0.2, -0.15) is 0 Å². The van der Waals surface area contributed by atoms with Crippen molar-refractivity contribution in [1.82, 2.24) is 5.32 Å². The topological polar surface area (TPSA) is 34.4 Å². The fourth-order valence-electron chi connectivity index (χ4n) is 2.33. The summed E-state index contributed by atoms with van der Waals surface area (Å²) < 4.78 is 11.7. The first-order chi connectivity index (χ1) is 8.49.